The molecule has 0 aromatic heterocycles. The van der Waals surface area contributed by atoms with E-state index in [4.69, 9.17) is 0 Å². The number of aliphatic hydroxyl groups is 1. The zero-order valence-electron chi connectivity index (χ0n) is 12.5. The molecule has 1 rings (SSSR count). The molecule has 0 aliphatic heterocycles. The van der Waals surface area contributed by atoms with Crippen LogP contribution in [0.4, 0.5) is 13.2 Å². The molecule has 20 heavy (non-hydrogen) atoms. The van der Waals surface area contributed by atoms with Gasteiger partial charge in [-0.25, -0.2) is 0 Å². The Kier molecular flexibility index (Phi) is 4.87. The minimum Gasteiger partial charge on any atom is -0.386 e. The molecule has 0 aliphatic rings. The number of aryl methyl sites for hydroxylation is 1. The second kappa shape index (κ2) is 5.74. The predicted molar refractivity (Wildman–Crippen MR) is 73.5 cm³/mol. The highest BCUT2D eigenvalue weighted by atomic mass is 19.4. The topological polar surface area (TPSA) is 23.5 Å². The molecule has 0 radical (unpaired) electrons. The maximum atomic E-state index is 12.7. The molecule has 0 fully saturated rings. The van der Waals surface area contributed by atoms with E-state index in [9.17, 15) is 18.3 Å². The minimum atomic E-state index is -4.36. The molecule has 0 bridgehead atoms. The van der Waals surface area contributed by atoms with Crippen molar-refractivity contribution in [1.82, 2.24) is 4.90 Å². The molecule has 114 valence electrons. The van der Waals surface area contributed by atoms with E-state index in [1.807, 2.05) is 32.8 Å². The fraction of sp³-hybridized carbons (Fsp3) is 0.600. The molecule has 2 nitrogen and oxygen atoms in total. The zero-order chi connectivity index (χ0) is 15.7. The molecule has 0 heterocycles. The monoisotopic (exact) mass is 289 g/mol. The summed E-state index contributed by atoms with van der Waals surface area (Å²) in [4.78, 5) is 1.90. The van der Waals surface area contributed by atoms with Crippen molar-refractivity contribution in [2.24, 2.45) is 0 Å². The van der Waals surface area contributed by atoms with Crippen LogP contribution < -0.4 is 0 Å². The Hall–Kier alpha value is -1.07. The Morgan fingerprint density at radius 2 is 1.80 bits per heavy atom. The van der Waals surface area contributed by atoms with Crippen LogP contribution in [0.1, 0.15) is 43.1 Å². The number of likely N-dealkylation sites (N-methyl/N-ethyl adjacent to an activating group) is 1. The minimum absolute atomic E-state index is 0.453. The highest BCUT2D eigenvalue weighted by Gasteiger charge is 2.36. The second-order valence-electron chi connectivity index (χ2n) is 5.58. The highest BCUT2D eigenvalue weighted by Crippen LogP contribution is 2.36. The fourth-order valence-corrected chi connectivity index (χ4v) is 2.25. The highest BCUT2D eigenvalue weighted by molar-refractivity contribution is 5.35. The van der Waals surface area contributed by atoms with Crippen molar-refractivity contribution in [3.05, 3.63) is 34.9 Å². The van der Waals surface area contributed by atoms with Crippen molar-refractivity contribution in [2.75, 3.05) is 14.1 Å². The Morgan fingerprint density at radius 1 is 1.25 bits per heavy atom. The van der Waals surface area contributed by atoms with Crippen LogP contribution in [0.5, 0.6) is 0 Å². The predicted octanol–water partition coefficient (Wildman–Crippen LogP) is 3.78. The third kappa shape index (κ3) is 3.15. The summed E-state index contributed by atoms with van der Waals surface area (Å²) in [6.45, 7) is 5.44. The Bertz CT molecular complexity index is 471. The lowest BCUT2D eigenvalue weighted by Crippen LogP contribution is -2.46. The fourth-order valence-electron chi connectivity index (χ4n) is 2.25. The molecule has 0 amide bonds. The molecule has 0 aliphatic carbocycles. The van der Waals surface area contributed by atoms with Crippen LogP contribution in [0.15, 0.2) is 18.2 Å². The zero-order valence-corrected chi connectivity index (χ0v) is 12.5. The van der Waals surface area contributed by atoms with Gasteiger partial charge in [0.05, 0.1) is 11.7 Å². The second-order valence-corrected chi connectivity index (χ2v) is 5.58. The quantitative estimate of drug-likeness (QED) is 0.912. The van der Waals surface area contributed by atoms with Gasteiger partial charge in [0.15, 0.2) is 0 Å². The Morgan fingerprint density at radius 3 is 2.15 bits per heavy atom. The maximum absolute atomic E-state index is 12.7. The van der Waals surface area contributed by atoms with Crippen LogP contribution in [0.2, 0.25) is 0 Å². The first-order valence-corrected chi connectivity index (χ1v) is 6.57. The van der Waals surface area contributed by atoms with E-state index in [2.05, 4.69) is 0 Å². The lowest BCUT2D eigenvalue weighted by atomic mass is 9.84. The first kappa shape index (κ1) is 17.0. The summed E-state index contributed by atoms with van der Waals surface area (Å²) in [5.74, 6) is 0. The molecular formula is C15H22F3NO. The number of benzene rings is 1. The summed E-state index contributed by atoms with van der Waals surface area (Å²) in [5, 5.41) is 10.6. The van der Waals surface area contributed by atoms with E-state index < -0.39 is 23.4 Å². The smallest absolute Gasteiger partial charge is 0.386 e. The molecule has 0 saturated heterocycles. The van der Waals surface area contributed by atoms with Crippen LogP contribution >= 0.6 is 0 Å². The van der Waals surface area contributed by atoms with Gasteiger partial charge in [0.2, 0.25) is 0 Å². The molecule has 0 spiro atoms. The molecule has 2 atom stereocenters. The number of rotatable bonds is 4. The third-order valence-corrected chi connectivity index (χ3v) is 4.22. The van der Waals surface area contributed by atoms with Gasteiger partial charge in [-0.3, -0.25) is 0 Å². The Labute approximate surface area is 118 Å². The van der Waals surface area contributed by atoms with Gasteiger partial charge in [0.1, 0.15) is 0 Å². The van der Waals surface area contributed by atoms with E-state index in [1.54, 1.807) is 6.92 Å². The summed E-state index contributed by atoms with van der Waals surface area (Å²) in [7, 11) is 3.71. The number of aliphatic hydroxyl groups excluding tert-OH is 1. The van der Waals surface area contributed by atoms with E-state index in [1.165, 1.54) is 6.07 Å². The van der Waals surface area contributed by atoms with Crippen molar-refractivity contribution in [1.29, 1.82) is 0 Å². The van der Waals surface area contributed by atoms with Crippen LogP contribution in [-0.2, 0) is 6.18 Å². The number of nitrogens with zero attached hydrogens (tertiary/aromatic N) is 1. The lowest BCUT2D eigenvalue weighted by molar-refractivity contribution is -0.137. The third-order valence-electron chi connectivity index (χ3n) is 4.22. The first-order valence-electron chi connectivity index (χ1n) is 6.57. The van der Waals surface area contributed by atoms with Gasteiger partial charge >= 0.3 is 6.18 Å². The van der Waals surface area contributed by atoms with Gasteiger partial charge in [-0.15, -0.1) is 0 Å². The van der Waals surface area contributed by atoms with Gasteiger partial charge < -0.3 is 10.0 Å². The number of halogens is 3. The number of hydrogen-bond donors (Lipinski definition) is 1. The number of hydrogen-bond acceptors (Lipinski definition) is 2. The molecule has 2 unspecified atom stereocenters. The first-order chi connectivity index (χ1) is 9.04. The summed E-state index contributed by atoms with van der Waals surface area (Å²) in [6, 6.07) is 3.49. The average molecular weight is 289 g/mol. The van der Waals surface area contributed by atoms with Crippen LogP contribution in [-0.4, -0.2) is 29.6 Å². The Balaban J connectivity index is 3.21. The van der Waals surface area contributed by atoms with Crippen molar-refractivity contribution in [3.8, 4) is 0 Å². The van der Waals surface area contributed by atoms with E-state index in [0.717, 1.165) is 12.1 Å². The van der Waals surface area contributed by atoms with E-state index in [-0.39, 0.29) is 0 Å². The average Bonchev–Trinajstić information content (AvgIpc) is 2.35. The van der Waals surface area contributed by atoms with Crippen molar-refractivity contribution in [3.63, 3.8) is 0 Å². The van der Waals surface area contributed by atoms with Crippen molar-refractivity contribution < 1.29 is 18.3 Å². The van der Waals surface area contributed by atoms with Crippen molar-refractivity contribution >= 4 is 0 Å². The van der Waals surface area contributed by atoms with Gasteiger partial charge in [0.25, 0.3) is 0 Å². The normalized spacial score (nSPS) is 17.1. The molecule has 0 saturated carbocycles. The number of alkyl halides is 3. The molecule has 1 aromatic carbocycles. The maximum Gasteiger partial charge on any atom is 0.416 e. The van der Waals surface area contributed by atoms with Gasteiger partial charge in [0, 0.05) is 5.54 Å². The molecule has 1 N–H and O–H groups in total. The van der Waals surface area contributed by atoms with Crippen LogP contribution in [0.25, 0.3) is 0 Å². The molecule has 1 aromatic rings. The van der Waals surface area contributed by atoms with Crippen molar-refractivity contribution in [2.45, 2.75) is 45.0 Å². The SMILES string of the molecule is CCC(C)(C(O)c1ccc(C(F)(F)F)cc1C)N(C)C. The van der Waals surface area contributed by atoms with E-state index >= 15 is 0 Å². The van der Waals surface area contributed by atoms with Gasteiger partial charge in [-0.1, -0.05) is 13.0 Å². The summed E-state index contributed by atoms with van der Waals surface area (Å²) < 4.78 is 38.0. The summed E-state index contributed by atoms with van der Waals surface area (Å²) in [5.41, 5.74) is -0.219. The van der Waals surface area contributed by atoms with E-state index in [0.29, 0.717) is 17.5 Å². The van der Waals surface area contributed by atoms with Gasteiger partial charge in [-0.05, 0) is 57.6 Å². The van der Waals surface area contributed by atoms with Gasteiger partial charge in [-0.2, -0.15) is 13.2 Å². The summed E-state index contributed by atoms with van der Waals surface area (Å²) in [6.07, 6.45) is -4.52. The van der Waals surface area contributed by atoms with Crippen LogP contribution in [0, 0.1) is 6.92 Å². The largest absolute Gasteiger partial charge is 0.416 e. The molecule has 5 heteroatoms. The summed E-state index contributed by atoms with van der Waals surface area (Å²) >= 11 is 0. The molecular weight excluding hydrogens is 267 g/mol. The lowest BCUT2D eigenvalue weighted by Gasteiger charge is -2.40. The van der Waals surface area contributed by atoms with Crippen LogP contribution in [0.3, 0.4) is 0 Å². The standard InChI is InChI=1S/C15H22F3NO/c1-6-14(3,19(4)5)13(20)12-8-7-11(9-10(12)2)15(16,17)18/h7-9,13,20H,6H2,1-5H3.